The lowest BCUT2D eigenvalue weighted by molar-refractivity contribution is -0.133. The van der Waals surface area contributed by atoms with Crippen LogP contribution in [0.1, 0.15) is 65.2 Å². The van der Waals surface area contributed by atoms with Gasteiger partial charge in [-0.15, -0.1) is 0 Å². The van der Waals surface area contributed by atoms with Crippen molar-refractivity contribution < 1.29 is 14.4 Å². The van der Waals surface area contributed by atoms with Gasteiger partial charge in [-0.3, -0.25) is 14.4 Å². The third kappa shape index (κ3) is 1.66. The van der Waals surface area contributed by atoms with Crippen molar-refractivity contribution in [3.05, 3.63) is 23.3 Å². The normalized spacial score (nSPS) is 48.3. The Hall–Kier alpha value is -1.51. The van der Waals surface area contributed by atoms with Gasteiger partial charge in [0.25, 0.3) is 0 Å². The Balaban J connectivity index is 1.62. The number of ketones is 3. The summed E-state index contributed by atoms with van der Waals surface area (Å²) in [4.78, 5) is 37.8. The maximum atomic E-state index is 13.0. The molecule has 0 bridgehead atoms. The molecular formula is C22H26O3. The average molecular weight is 338 g/mol. The quantitative estimate of drug-likeness (QED) is 0.628. The van der Waals surface area contributed by atoms with Crippen molar-refractivity contribution >= 4 is 17.3 Å². The minimum atomic E-state index is -0.281. The van der Waals surface area contributed by atoms with Gasteiger partial charge in [0.2, 0.25) is 0 Å². The minimum Gasteiger partial charge on any atom is -0.299 e. The molecule has 3 fully saturated rings. The molecule has 1 spiro atoms. The molecule has 2 unspecified atom stereocenters. The van der Waals surface area contributed by atoms with Crippen LogP contribution in [-0.2, 0) is 14.4 Å². The lowest BCUT2D eigenvalue weighted by atomic mass is 9.46. The first kappa shape index (κ1) is 15.7. The van der Waals surface area contributed by atoms with Gasteiger partial charge in [-0.25, -0.2) is 0 Å². The van der Waals surface area contributed by atoms with E-state index in [9.17, 15) is 14.4 Å². The second-order valence-electron chi connectivity index (χ2n) is 9.57. The highest BCUT2D eigenvalue weighted by Crippen LogP contribution is 2.71. The van der Waals surface area contributed by atoms with Gasteiger partial charge in [-0.2, -0.15) is 0 Å². The molecule has 5 aliphatic carbocycles. The predicted molar refractivity (Wildman–Crippen MR) is 93.8 cm³/mol. The van der Waals surface area contributed by atoms with Crippen LogP contribution in [0.5, 0.6) is 0 Å². The summed E-state index contributed by atoms with van der Waals surface area (Å²) in [5.41, 5.74) is 1.69. The molecule has 5 rings (SSSR count). The summed E-state index contributed by atoms with van der Waals surface area (Å²) in [5.74, 6) is 1.28. The third-order valence-corrected chi connectivity index (χ3v) is 8.73. The SMILES string of the molecule is C[C@@]12CC=C3C4CC(=O)C5=CC(=O)CC[C@]5(C)C4CC[C@]31C(=O)CC2. The van der Waals surface area contributed by atoms with E-state index in [4.69, 9.17) is 0 Å². The van der Waals surface area contributed by atoms with Crippen molar-refractivity contribution in [3.63, 3.8) is 0 Å². The summed E-state index contributed by atoms with van der Waals surface area (Å²) < 4.78 is 0. The van der Waals surface area contributed by atoms with Crippen LogP contribution in [-0.4, -0.2) is 17.3 Å². The van der Waals surface area contributed by atoms with Crippen LogP contribution >= 0.6 is 0 Å². The number of carbonyl (C=O) groups excluding carboxylic acids is 3. The molecule has 3 saturated carbocycles. The molecule has 25 heavy (non-hydrogen) atoms. The number of fused-ring (bicyclic) bond motifs is 4. The lowest BCUT2D eigenvalue weighted by Crippen LogP contribution is -2.53. The fourth-order valence-electron chi connectivity index (χ4n) is 7.32. The topological polar surface area (TPSA) is 51.2 Å². The van der Waals surface area contributed by atoms with E-state index in [2.05, 4.69) is 19.9 Å². The van der Waals surface area contributed by atoms with Crippen molar-refractivity contribution in [2.75, 3.05) is 0 Å². The molecule has 0 amide bonds. The highest BCUT2D eigenvalue weighted by Gasteiger charge is 2.67. The summed E-state index contributed by atoms with van der Waals surface area (Å²) in [5, 5.41) is 0. The van der Waals surface area contributed by atoms with Crippen molar-refractivity contribution in [2.24, 2.45) is 28.1 Å². The molecule has 0 heterocycles. The zero-order valence-electron chi connectivity index (χ0n) is 15.2. The van der Waals surface area contributed by atoms with Crippen LogP contribution in [0.4, 0.5) is 0 Å². The lowest BCUT2D eigenvalue weighted by Gasteiger charge is -2.56. The van der Waals surface area contributed by atoms with Crippen LogP contribution < -0.4 is 0 Å². The fraction of sp³-hybridized carbons (Fsp3) is 0.682. The van der Waals surface area contributed by atoms with Gasteiger partial charge in [-0.1, -0.05) is 25.5 Å². The Labute approximate surface area is 148 Å². The Morgan fingerprint density at radius 2 is 1.84 bits per heavy atom. The van der Waals surface area contributed by atoms with E-state index in [1.807, 2.05) is 0 Å². The van der Waals surface area contributed by atoms with Gasteiger partial charge in [0, 0.05) is 24.8 Å². The number of hydrogen-bond donors (Lipinski definition) is 0. The molecule has 0 radical (unpaired) electrons. The highest BCUT2D eigenvalue weighted by molar-refractivity contribution is 6.06. The Morgan fingerprint density at radius 1 is 1.04 bits per heavy atom. The first-order valence-electron chi connectivity index (χ1n) is 9.84. The van der Waals surface area contributed by atoms with E-state index in [0.717, 1.165) is 37.7 Å². The van der Waals surface area contributed by atoms with E-state index in [-0.39, 0.29) is 33.7 Å². The van der Waals surface area contributed by atoms with Crippen LogP contribution in [0.2, 0.25) is 0 Å². The van der Waals surface area contributed by atoms with Crippen LogP contribution in [0, 0.1) is 28.1 Å². The largest absolute Gasteiger partial charge is 0.299 e. The Bertz CT molecular complexity index is 787. The summed E-state index contributed by atoms with van der Waals surface area (Å²) in [6.45, 7) is 4.49. The van der Waals surface area contributed by atoms with Crippen LogP contribution in [0.3, 0.4) is 0 Å². The first-order chi connectivity index (χ1) is 11.8. The average Bonchev–Trinajstić information content (AvgIpc) is 3.01. The van der Waals surface area contributed by atoms with E-state index >= 15 is 0 Å². The van der Waals surface area contributed by atoms with Gasteiger partial charge >= 0.3 is 0 Å². The Morgan fingerprint density at radius 3 is 2.64 bits per heavy atom. The van der Waals surface area contributed by atoms with E-state index in [1.165, 1.54) is 5.57 Å². The molecule has 0 N–H and O–H groups in total. The fourth-order valence-corrected chi connectivity index (χ4v) is 7.32. The standard InChI is InChI=1S/C22H26O3/c1-20-7-4-16-14-12-18(24)17-11-13(23)3-9-21(17,2)15(14)5-10-22(16,20)19(25)6-8-20/h4,11,14-15H,3,5-10,12H2,1-2H3/t14?,15?,20-,21+,22+/m0/s1. The Kier molecular flexibility index (Phi) is 2.90. The second-order valence-corrected chi connectivity index (χ2v) is 9.57. The monoisotopic (exact) mass is 338 g/mol. The molecule has 0 aliphatic heterocycles. The maximum absolute atomic E-state index is 13.0. The molecule has 3 nitrogen and oxygen atoms in total. The highest BCUT2D eigenvalue weighted by atomic mass is 16.1. The predicted octanol–water partition coefficient (Wildman–Crippen LogP) is 3.97. The van der Waals surface area contributed by atoms with Gasteiger partial charge in [0.05, 0.1) is 5.41 Å². The smallest absolute Gasteiger partial charge is 0.160 e. The van der Waals surface area contributed by atoms with Gasteiger partial charge < -0.3 is 0 Å². The number of allylic oxidation sites excluding steroid dienone is 4. The molecule has 5 aliphatic rings. The van der Waals surface area contributed by atoms with Gasteiger partial charge in [-0.05, 0) is 60.8 Å². The number of carbonyl (C=O) groups is 3. The second kappa shape index (κ2) is 4.61. The zero-order chi connectivity index (χ0) is 17.6. The summed E-state index contributed by atoms with van der Waals surface area (Å²) in [7, 11) is 0. The summed E-state index contributed by atoms with van der Waals surface area (Å²) in [6, 6.07) is 0. The van der Waals surface area contributed by atoms with Crippen LogP contribution in [0.15, 0.2) is 23.3 Å². The van der Waals surface area contributed by atoms with E-state index < -0.39 is 0 Å². The molecule has 0 saturated heterocycles. The zero-order valence-corrected chi connectivity index (χ0v) is 15.2. The first-order valence-corrected chi connectivity index (χ1v) is 9.84. The molecule has 3 heteroatoms. The van der Waals surface area contributed by atoms with Crippen molar-refractivity contribution in [2.45, 2.75) is 65.2 Å². The van der Waals surface area contributed by atoms with Crippen LogP contribution in [0.25, 0.3) is 0 Å². The summed E-state index contributed by atoms with van der Waals surface area (Å²) >= 11 is 0. The molecule has 5 atom stereocenters. The molecular weight excluding hydrogens is 312 g/mol. The molecule has 0 aromatic carbocycles. The third-order valence-electron chi connectivity index (χ3n) is 8.73. The number of hydrogen-bond acceptors (Lipinski definition) is 3. The number of rotatable bonds is 0. The number of Topliss-reactive ketones (excluding diaryl/α,β-unsaturated/α-hetero) is 2. The van der Waals surface area contributed by atoms with E-state index in [1.54, 1.807) is 6.08 Å². The van der Waals surface area contributed by atoms with Gasteiger partial charge in [0.1, 0.15) is 5.78 Å². The molecule has 0 aromatic heterocycles. The van der Waals surface area contributed by atoms with Gasteiger partial charge in [0.15, 0.2) is 11.6 Å². The maximum Gasteiger partial charge on any atom is 0.160 e. The van der Waals surface area contributed by atoms with E-state index in [0.29, 0.717) is 31.0 Å². The summed E-state index contributed by atoms with van der Waals surface area (Å²) in [6.07, 6.45) is 10.4. The molecule has 0 aromatic rings. The van der Waals surface area contributed by atoms with Crippen molar-refractivity contribution in [1.82, 2.24) is 0 Å². The minimum absolute atomic E-state index is 0.0764. The van der Waals surface area contributed by atoms with Crippen molar-refractivity contribution in [1.29, 1.82) is 0 Å². The van der Waals surface area contributed by atoms with Crippen molar-refractivity contribution in [3.8, 4) is 0 Å². The molecule has 132 valence electrons.